The average Bonchev–Trinajstić information content (AvgIpc) is 1.53. The molecule has 14 nitrogen and oxygen atoms in total. The maximum Gasteiger partial charge on any atom is 0.164 e. The van der Waals surface area contributed by atoms with Gasteiger partial charge in [0, 0.05) is 88.3 Å². The number of hydrogen-bond acceptors (Lipinski definition) is 14. The lowest BCUT2D eigenvalue weighted by Crippen LogP contribution is -2.02. The minimum atomic E-state index is 0.525. The molecular formula is C96H60N12O2. The van der Waals surface area contributed by atoms with Crippen LogP contribution in [-0.4, -0.2) is 59.8 Å². The molecule has 0 aliphatic rings. The van der Waals surface area contributed by atoms with Crippen molar-refractivity contribution in [3.05, 3.63) is 364 Å². The molecule has 0 aliphatic carbocycles. The summed E-state index contributed by atoms with van der Waals surface area (Å²) in [5, 5.41) is 4.24. The van der Waals surface area contributed by atoms with Crippen LogP contribution in [0.25, 0.3) is 203 Å². The summed E-state index contributed by atoms with van der Waals surface area (Å²) in [5.74, 6) is 6.94. The zero-order chi connectivity index (χ0) is 73.1. The molecule has 6 aromatic heterocycles. The second-order valence-corrected chi connectivity index (χ2v) is 26.4. The summed E-state index contributed by atoms with van der Waals surface area (Å²) in [6, 6.07) is 122. The predicted octanol–water partition coefficient (Wildman–Crippen LogP) is 23.3. The lowest BCUT2D eigenvalue weighted by Gasteiger charge is -2.11. The van der Waals surface area contributed by atoms with Crippen LogP contribution >= 0.6 is 0 Å². The molecule has 516 valence electrons. The summed E-state index contributed by atoms with van der Waals surface area (Å²) in [5.41, 5.74) is 17.9. The van der Waals surface area contributed by atoms with E-state index in [4.69, 9.17) is 68.6 Å². The van der Waals surface area contributed by atoms with E-state index in [1.807, 2.05) is 291 Å². The van der Waals surface area contributed by atoms with Crippen LogP contribution in [0.3, 0.4) is 0 Å². The van der Waals surface area contributed by atoms with Crippen LogP contribution in [0.5, 0.6) is 0 Å². The van der Waals surface area contributed by atoms with Crippen LogP contribution in [0.1, 0.15) is 0 Å². The first-order chi connectivity index (χ1) is 54.4. The van der Waals surface area contributed by atoms with E-state index in [-0.39, 0.29) is 0 Å². The van der Waals surface area contributed by atoms with Crippen LogP contribution < -0.4 is 0 Å². The monoisotopic (exact) mass is 1410 g/mol. The Hall–Kier alpha value is -15.3. The highest BCUT2D eigenvalue weighted by molar-refractivity contribution is 6.07. The van der Waals surface area contributed by atoms with Crippen molar-refractivity contribution in [2.75, 3.05) is 0 Å². The molecule has 0 bridgehead atoms. The largest absolute Gasteiger partial charge is 0.456 e. The molecule has 14 aromatic carbocycles. The lowest BCUT2D eigenvalue weighted by atomic mass is 10.0. The lowest BCUT2D eigenvalue weighted by molar-refractivity contribution is 0.668. The van der Waals surface area contributed by atoms with E-state index in [0.29, 0.717) is 69.9 Å². The molecule has 14 heteroatoms. The van der Waals surface area contributed by atoms with Crippen molar-refractivity contribution in [3.63, 3.8) is 0 Å². The fourth-order valence-corrected chi connectivity index (χ4v) is 13.7. The second kappa shape index (κ2) is 29.0. The minimum Gasteiger partial charge on any atom is -0.456 e. The summed E-state index contributed by atoms with van der Waals surface area (Å²) >= 11 is 0. The summed E-state index contributed by atoms with van der Waals surface area (Å²) in [6.45, 7) is 0. The molecule has 110 heavy (non-hydrogen) atoms. The maximum atomic E-state index is 6.27. The van der Waals surface area contributed by atoms with Crippen LogP contribution in [0.4, 0.5) is 0 Å². The van der Waals surface area contributed by atoms with E-state index in [1.54, 1.807) is 0 Å². The number of benzene rings is 14. The predicted molar refractivity (Wildman–Crippen MR) is 437 cm³/mol. The number of aromatic nitrogens is 12. The van der Waals surface area contributed by atoms with E-state index in [2.05, 4.69) is 72.8 Å². The number of hydrogen-bond donors (Lipinski definition) is 0. The number of para-hydroxylation sites is 2. The van der Waals surface area contributed by atoms with E-state index in [9.17, 15) is 0 Å². The highest BCUT2D eigenvalue weighted by Crippen LogP contribution is 2.38. The van der Waals surface area contributed by atoms with Gasteiger partial charge in [0.15, 0.2) is 69.9 Å². The molecule has 0 saturated heterocycles. The van der Waals surface area contributed by atoms with Gasteiger partial charge < -0.3 is 8.83 Å². The molecule has 0 atom stereocenters. The fraction of sp³-hybridized carbons (Fsp3) is 0. The van der Waals surface area contributed by atoms with Crippen molar-refractivity contribution in [1.82, 2.24) is 59.8 Å². The molecule has 0 radical (unpaired) electrons. The summed E-state index contributed by atoms with van der Waals surface area (Å²) in [7, 11) is 0. The topological polar surface area (TPSA) is 181 Å². The Morgan fingerprint density at radius 1 is 0.118 bits per heavy atom. The number of fused-ring (bicyclic) bond motifs is 6. The third kappa shape index (κ3) is 13.5. The van der Waals surface area contributed by atoms with Gasteiger partial charge in [-0.2, -0.15) is 0 Å². The van der Waals surface area contributed by atoms with E-state index in [1.165, 1.54) is 0 Å². The Bertz CT molecular complexity index is 6670. The summed E-state index contributed by atoms with van der Waals surface area (Å²) in [4.78, 5) is 59.8. The molecular weight excluding hydrogens is 1350 g/mol. The van der Waals surface area contributed by atoms with Gasteiger partial charge in [-0.25, -0.2) is 59.8 Å². The molecule has 0 spiro atoms. The van der Waals surface area contributed by atoms with Crippen LogP contribution in [0.2, 0.25) is 0 Å². The number of furan rings is 2. The highest BCUT2D eigenvalue weighted by Gasteiger charge is 2.21. The van der Waals surface area contributed by atoms with Gasteiger partial charge in [0.1, 0.15) is 22.3 Å². The standard InChI is InChI=1S/2C48H30N6O/c1-4-14-31(15-5-1)43-49-44(32-16-6-2-7-17-32)51-46(50-43)36-22-12-20-34(28-36)35-21-13-23-37(29-35)47-52-45(33-18-8-3-9-19-33)53-48(54-47)38-26-27-40-39-24-10-11-25-41(39)55-42(40)30-38;1-4-14-31(15-5-1)34-20-12-21-35(28-34)45-52-47(54-48(53-45)38-26-27-40-39-24-10-11-25-41(39)55-42(40)30-38)37-23-13-22-36(29-37)46-50-43(32-16-6-2-7-17-32)49-44(51-46)33-18-8-3-9-19-33/h2*1-30H. The van der Waals surface area contributed by atoms with Crippen molar-refractivity contribution in [1.29, 1.82) is 0 Å². The Labute approximate surface area is 631 Å². The first-order valence-corrected chi connectivity index (χ1v) is 36.1. The Morgan fingerprint density at radius 2 is 0.300 bits per heavy atom. The summed E-state index contributed by atoms with van der Waals surface area (Å²) < 4.78 is 12.5. The van der Waals surface area contributed by atoms with Crippen LogP contribution in [0.15, 0.2) is 373 Å². The SMILES string of the molecule is c1ccc(-c2cccc(-c3nc(-c4cccc(-c5nc(-c6ccccc6)nc(-c6ccccc6)n5)c4)nc(-c4ccc5c(c4)oc4ccccc45)n3)c2)cc1.c1ccc(-c2nc(-c3ccccc3)nc(-c3cccc(-c4cccc(-c5nc(-c6ccccc6)nc(-c6ccc7c(c6)oc6ccccc67)n5)c4)c3)n2)cc1. The smallest absolute Gasteiger partial charge is 0.164 e. The third-order valence-corrected chi connectivity index (χ3v) is 19.2. The van der Waals surface area contributed by atoms with Crippen molar-refractivity contribution in [2.45, 2.75) is 0 Å². The minimum absolute atomic E-state index is 0.525. The molecule has 20 aromatic rings. The first kappa shape index (κ1) is 65.5. The van der Waals surface area contributed by atoms with E-state index in [0.717, 1.165) is 133 Å². The van der Waals surface area contributed by atoms with Crippen molar-refractivity contribution < 1.29 is 8.83 Å². The fourth-order valence-electron chi connectivity index (χ4n) is 13.7. The summed E-state index contributed by atoms with van der Waals surface area (Å²) in [6.07, 6.45) is 0. The molecule has 0 amide bonds. The van der Waals surface area contributed by atoms with Crippen LogP contribution in [-0.2, 0) is 0 Å². The van der Waals surface area contributed by atoms with Gasteiger partial charge in [0.2, 0.25) is 0 Å². The maximum absolute atomic E-state index is 6.27. The van der Waals surface area contributed by atoms with Gasteiger partial charge in [-0.15, -0.1) is 0 Å². The zero-order valence-electron chi connectivity index (χ0n) is 58.8. The van der Waals surface area contributed by atoms with Gasteiger partial charge in [0.25, 0.3) is 0 Å². The third-order valence-electron chi connectivity index (χ3n) is 19.2. The van der Waals surface area contributed by atoms with Gasteiger partial charge in [-0.3, -0.25) is 0 Å². The number of rotatable bonds is 14. The van der Waals surface area contributed by atoms with Crippen molar-refractivity contribution in [2.24, 2.45) is 0 Å². The van der Waals surface area contributed by atoms with E-state index >= 15 is 0 Å². The molecule has 0 aliphatic heterocycles. The molecule has 0 unspecified atom stereocenters. The zero-order valence-corrected chi connectivity index (χ0v) is 58.8. The molecule has 6 heterocycles. The van der Waals surface area contributed by atoms with Gasteiger partial charge in [0.05, 0.1) is 0 Å². The Morgan fingerprint density at radius 3 is 0.573 bits per heavy atom. The normalized spacial score (nSPS) is 11.3. The molecule has 0 saturated carbocycles. The van der Waals surface area contributed by atoms with Crippen molar-refractivity contribution in [3.8, 4) is 159 Å². The second-order valence-electron chi connectivity index (χ2n) is 26.4. The molecule has 0 N–H and O–H groups in total. The highest BCUT2D eigenvalue weighted by atomic mass is 16.3. The van der Waals surface area contributed by atoms with Gasteiger partial charge >= 0.3 is 0 Å². The quantitative estimate of drug-likeness (QED) is 0.100. The van der Waals surface area contributed by atoms with Gasteiger partial charge in [-0.05, 0) is 82.9 Å². The molecule has 0 fully saturated rings. The molecule has 20 rings (SSSR count). The van der Waals surface area contributed by atoms with Crippen LogP contribution in [0, 0.1) is 0 Å². The number of nitrogens with zero attached hydrogens (tertiary/aromatic N) is 12. The van der Waals surface area contributed by atoms with Crippen molar-refractivity contribution >= 4 is 43.9 Å². The average molecular weight is 1410 g/mol. The van der Waals surface area contributed by atoms with E-state index < -0.39 is 0 Å². The Balaban J connectivity index is 0.000000149. The van der Waals surface area contributed by atoms with Gasteiger partial charge in [-0.1, -0.05) is 303 Å². The Kier molecular flexibility index (Phi) is 17.3. The first-order valence-electron chi connectivity index (χ1n) is 36.1.